The van der Waals surface area contributed by atoms with Crippen LogP contribution in [0, 0.1) is 0 Å². The second kappa shape index (κ2) is 3.97. The summed E-state index contributed by atoms with van der Waals surface area (Å²) >= 11 is 0. The molecule has 0 aromatic carbocycles. The largest absolute Gasteiger partial charge is 0.276 e. The van der Waals surface area contributed by atoms with Crippen molar-refractivity contribution in [1.82, 2.24) is 5.64 Å². The Hall–Kier alpha value is -0.200. The van der Waals surface area contributed by atoms with Gasteiger partial charge in [-0.05, 0) is 15.8 Å². The Labute approximate surface area is 41.3 Å². The van der Waals surface area contributed by atoms with Gasteiger partial charge in [-0.3, -0.25) is 4.84 Å². The second-order valence-corrected chi connectivity index (χ2v) is 0.909. The molecule has 5 heteroatoms. The number of quaternary nitrogens is 1. The molecule has 0 amide bonds. The fraction of sp³-hybridized carbons (Fsp3) is 1.00. The first kappa shape index (κ1) is 6.80. The second-order valence-electron chi connectivity index (χ2n) is 0.909. The van der Waals surface area contributed by atoms with Crippen LogP contribution in [0.4, 0.5) is 0 Å². The molecule has 7 heavy (non-hydrogen) atoms. The standard InChI is InChI=1S/C2H8N2O3/c1-4(5)7-3-6-2/h3,5H,1-2H3/p+1. The summed E-state index contributed by atoms with van der Waals surface area (Å²) in [6, 6.07) is 0. The van der Waals surface area contributed by atoms with E-state index in [1.54, 1.807) is 0 Å². The maximum atomic E-state index is 8.24. The van der Waals surface area contributed by atoms with E-state index in [9.17, 15) is 0 Å². The quantitative estimate of drug-likeness (QED) is 0.363. The van der Waals surface area contributed by atoms with Crippen LogP contribution in [0.2, 0.25) is 0 Å². The highest BCUT2D eigenvalue weighted by Crippen LogP contribution is 1.42. The van der Waals surface area contributed by atoms with Gasteiger partial charge in [0, 0.05) is 0 Å². The van der Waals surface area contributed by atoms with E-state index in [-0.39, 0.29) is 5.23 Å². The van der Waals surface area contributed by atoms with Crippen LogP contribution >= 0.6 is 0 Å². The van der Waals surface area contributed by atoms with Gasteiger partial charge in [0.1, 0.15) is 7.05 Å². The van der Waals surface area contributed by atoms with Crippen LogP contribution in [0.15, 0.2) is 0 Å². The van der Waals surface area contributed by atoms with Gasteiger partial charge < -0.3 is 0 Å². The molecule has 0 aromatic heterocycles. The third-order valence-corrected chi connectivity index (χ3v) is 0.273. The third kappa shape index (κ3) is 5.80. The molecule has 0 saturated heterocycles. The highest BCUT2D eigenvalue weighted by molar-refractivity contribution is 3.54. The van der Waals surface area contributed by atoms with Crippen LogP contribution in [-0.2, 0) is 9.78 Å². The van der Waals surface area contributed by atoms with Crippen molar-refractivity contribution < 1.29 is 20.2 Å². The van der Waals surface area contributed by atoms with Gasteiger partial charge in [-0.25, -0.2) is 0 Å². The summed E-state index contributed by atoms with van der Waals surface area (Å²) < 4.78 is 0. The van der Waals surface area contributed by atoms with Crippen molar-refractivity contribution in [2.24, 2.45) is 0 Å². The van der Waals surface area contributed by atoms with Crippen LogP contribution in [0.25, 0.3) is 0 Å². The summed E-state index contributed by atoms with van der Waals surface area (Å²) in [7, 11) is 2.76. The minimum Gasteiger partial charge on any atom is -0.276 e. The van der Waals surface area contributed by atoms with Gasteiger partial charge in [0.2, 0.25) is 0 Å². The van der Waals surface area contributed by atoms with Crippen molar-refractivity contribution in [3.63, 3.8) is 0 Å². The van der Waals surface area contributed by atoms with Crippen molar-refractivity contribution in [2.45, 2.75) is 0 Å². The summed E-state index contributed by atoms with van der Waals surface area (Å²) in [5.41, 5.74) is 1.96. The van der Waals surface area contributed by atoms with E-state index in [4.69, 9.17) is 5.21 Å². The lowest BCUT2D eigenvalue weighted by Gasteiger charge is -1.99. The molecule has 0 heterocycles. The molecule has 0 radical (unpaired) electrons. The number of hydroxylamine groups is 2. The number of hydrogen-bond donors (Lipinski definition) is 3. The van der Waals surface area contributed by atoms with Gasteiger partial charge in [0.15, 0.2) is 0 Å². The third-order valence-electron chi connectivity index (χ3n) is 0.273. The Morgan fingerprint density at radius 3 is 2.43 bits per heavy atom. The topological polar surface area (TPSA) is 55.2 Å². The first-order valence-electron chi connectivity index (χ1n) is 1.74. The van der Waals surface area contributed by atoms with Gasteiger partial charge >= 0.3 is 0 Å². The Balaban J connectivity index is 2.68. The average Bonchev–Trinajstić information content (AvgIpc) is 1.61. The van der Waals surface area contributed by atoms with E-state index in [1.165, 1.54) is 14.2 Å². The highest BCUT2D eigenvalue weighted by Gasteiger charge is 1.89. The number of nitrogens with one attached hydrogen (secondary N) is 2. The molecule has 0 aromatic rings. The summed E-state index contributed by atoms with van der Waals surface area (Å²) in [5.74, 6) is 0. The Morgan fingerprint density at radius 2 is 2.29 bits per heavy atom. The molecule has 0 saturated carbocycles. The molecule has 1 atom stereocenters. The summed E-state index contributed by atoms with van der Waals surface area (Å²) in [6.45, 7) is 0. The van der Waals surface area contributed by atoms with Crippen molar-refractivity contribution >= 4 is 0 Å². The SMILES string of the molecule is CONO[NH+](C)O. The molecule has 0 bridgehead atoms. The zero-order valence-corrected chi connectivity index (χ0v) is 4.26. The molecule has 0 aliphatic heterocycles. The zero-order chi connectivity index (χ0) is 5.70. The van der Waals surface area contributed by atoms with E-state index >= 15 is 0 Å². The molecule has 44 valence electrons. The molecule has 0 rings (SSSR count). The summed E-state index contributed by atoms with van der Waals surface area (Å²) in [6.07, 6.45) is 0. The molecular weight excluding hydrogens is 100 g/mol. The van der Waals surface area contributed by atoms with Gasteiger partial charge in [-0.15, -0.1) is 0 Å². The minimum atomic E-state index is -0.179. The van der Waals surface area contributed by atoms with Crippen LogP contribution in [0.3, 0.4) is 0 Å². The van der Waals surface area contributed by atoms with Gasteiger partial charge in [0.25, 0.3) is 0 Å². The Bertz CT molecular complexity index is 39.9. The van der Waals surface area contributed by atoms with E-state index in [1.807, 2.05) is 5.64 Å². The lowest BCUT2D eigenvalue weighted by atomic mass is 11.5. The van der Waals surface area contributed by atoms with Crippen LogP contribution in [-0.4, -0.2) is 19.4 Å². The van der Waals surface area contributed by atoms with Gasteiger partial charge in [0.05, 0.1) is 7.11 Å². The molecule has 0 fully saturated rings. The average molecular weight is 109 g/mol. The van der Waals surface area contributed by atoms with E-state index in [0.29, 0.717) is 0 Å². The molecule has 0 aliphatic carbocycles. The summed E-state index contributed by atoms with van der Waals surface area (Å²) in [5, 5.41) is 8.06. The highest BCUT2D eigenvalue weighted by atomic mass is 17.1. The molecule has 0 aliphatic rings. The Kier molecular flexibility index (Phi) is 3.86. The van der Waals surface area contributed by atoms with Crippen LogP contribution in [0.5, 0.6) is 0 Å². The molecule has 0 spiro atoms. The first-order valence-corrected chi connectivity index (χ1v) is 1.74. The number of hydrogen-bond acceptors (Lipinski definition) is 4. The molecule has 5 nitrogen and oxygen atoms in total. The fourth-order valence-corrected chi connectivity index (χ4v) is 0.102. The van der Waals surface area contributed by atoms with E-state index < -0.39 is 0 Å². The maximum absolute atomic E-state index is 8.24. The zero-order valence-electron chi connectivity index (χ0n) is 4.26. The van der Waals surface area contributed by atoms with Crippen molar-refractivity contribution in [1.29, 1.82) is 0 Å². The fourth-order valence-electron chi connectivity index (χ4n) is 0.102. The summed E-state index contributed by atoms with van der Waals surface area (Å²) in [4.78, 5) is 8.39. The number of rotatable bonds is 3. The first-order chi connectivity index (χ1) is 3.27. The lowest BCUT2D eigenvalue weighted by Crippen LogP contribution is -3.06. The van der Waals surface area contributed by atoms with Crippen molar-refractivity contribution in [3.8, 4) is 0 Å². The maximum Gasteiger partial charge on any atom is 0.132 e. The van der Waals surface area contributed by atoms with Gasteiger partial charge in [-0.2, -0.15) is 5.21 Å². The molecule has 3 N–H and O–H groups in total. The van der Waals surface area contributed by atoms with Crippen molar-refractivity contribution in [3.05, 3.63) is 0 Å². The normalized spacial score (nSPS) is 14.1. The monoisotopic (exact) mass is 109 g/mol. The van der Waals surface area contributed by atoms with Crippen LogP contribution in [0.1, 0.15) is 0 Å². The lowest BCUT2D eigenvalue weighted by molar-refractivity contribution is -1.24. The molecule has 1 unspecified atom stereocenters. The van der Waals surface area contributed by atoms with E-state index in [2.05, 4.69) is 9.78 Å². The predicted molar refractivity (Wildman–Crippen MR) is 19.9 cm³/mol. The van der Waals surface area contributed by atoms with E-state index in [0.717, 1.165) is 0 Å². The Morgan fingerprint density at radius 1 is 1.71 bits per heavy atom. The predicted octanol–water partition coefficient (Wildman–Crippen LogP) is -2.11. The minimum absolute atomic E-state index is 0.179. The smallest absolute Gasteiger partial charge is 0.132 e. The van der Waals surface area contributed by atoms with Crippen molar-refractivity contribution in [2.75, 3.05) is 14.2 Å². The molecular formula is C2H9N2O3+. The van der Waals surface area contributed by atoms with Gasteiger partial charge in [-0.1, -0.05) is 0 Å². The van der Waals surface area contributed by atoms with Crippen LogP contribution < -0.4 is 10.9 Å².